The van der Waals surface area contributed by atoms with E-state index in [-0.39, 0.29) is 17.9 Å². The van der Waals surface area contributed by atoms with Crippen molar-refractivity contribution in [1.82, 2.24) is 14.9 Å². The Morgan fingerprint density at radius 3 is 2.93 bits per heavy atom. The maximum atomic E-state index is 11.4. The molecule has 1 aromatic rings. The molecule has 1 aromatic heterocycles. The highest BCUT2D eigenvalue weighted by molar-refractivity contribution is 7.03. The van der Waals surface area contributed by atoms with Crippen LogP contribution in [-0.4, -0.2) is 33.8 Å². The molecule has 0 bridgehead atoms. The number of carbonyl (C=O) groups is 1. The van der Waals surface area contributed by atoms with Gasteiger partial charge in [0.2, 0.25) is 0 Å². The summed E-state index contributed by atoms with van der Waals surface area (Å²) in [6.07, 6.45) is 0. The number of nitrogens with zero attached hydrogens (tertiary/aromatic N) is 2. The van der Waals surface area contributed by atoms with Gasteiger partial charge < -0.3 is 10.4 Å². The minimum atomic E-state index is -0.306. The Hall–Kier alpha value is -1.01. The summed E-state index contributed by atoms with van der Waals surface area (Å²) in [6.45, 7) is 4.18. The predicted molar refractivity (Wildman–Crippen MR) is 53.1 cm³/mol. The average Bonchev–Trinajstić information content (AvgIpc) is 2.67. The average molecular weight is 215 g/mol. The van der Waals surface area contributed by atoms with Crippen LogP contribution in [0.1, 0.15) is 24.3 Å². The number of amides is 1. The first kappa shape index (κ1) is 11.1. The molecule has 2 N–H and O–H groups in total. The van der Waals surface area contributed by atoms with Gasteiger partial charge in [-0.25, -0.2) is 0 Å². The lowest BCUT2D eigenvalue weighted by molar-refractivity contribution is 0.0906. The lowest BCUT2D eigenvalue weighted by Crippen LogP contribution is -2.36. The van der Waals surface area contributed by atoms with Crippen molar-refractivity contribution < 1.29 is 9.90 Å². The van der Waals surface area contributed by atoms with Crippen molar-refractivity contribution >= 4 is 17.4 Å². The third kappa shape index (κ3) is 3.04. The molecule has 0 aromatic carbocycles. The van der Waals surface area contributed by atoms with Crippen LogP contribution in [0.4, 0.5) is 0 Å². The van der Waals surface area contributed by atoms with Crippen LogP contribution in [0.5, 0.6) is 0 Å². The quantitative estimate of drug-likeness (QED) is 0.756. The van der Waals surface area contributed by atoms with Crippen molar-refractivity contribution in [2.45, 2.75) is 13.8 Å². The SMILES string of the molecule is CC(C)(CO)CNC(=O)c1csnn1. The van der Waals surface area contributed by atoms with Gasteiger partial charge in [0.05, 0.1) is 0 Å². The lowest BCUT2D eigenvalue weighted by Gasteiger charge is -2.21. The molecule has 0 atom stereocenters. The monoisotopic (exact) mass is 215 g/mol. The minimum absolute atomic E-state index is 0.0304. The van der Waals surface area contributed by atoms with E-state index in [1.807, 2.05) is 13.8 Å². The van der Waals surface area contributed by atoms with Gasteiger partial charge in [-0.2, -0.15) is 0 Å². The number of hydrogen-bond acceptors (Lipinski definition) is 5. The van der Waals surface area contributed by atoms with Crippen molar-refractivity contribution in [3.05, 3.63) is 11.1 Å². The van der Waals surface area contributed by atoms with Gasteiger partial charge in [-0.3, -0.25) is 4.79 Å². The summed E-state index contributed by atoms with van der Waals surface area (Å²) in [7, 11) is 0. The van der Waals surface area contributed by atoms with Gasteiger partial charge >= 0.3 is 0 Å². The van der Waals surface area contributed by atoms with Gasteiger partial charge in [0.15, 0.2) is 5.69 Å². The number of nitrogens with one attached hydrogen (secondary N) is 1. The Balaban J connectivity index is 2.43. The molecule has 5 nitrogen and oxygen atoms in total. The molecular weight excluding hydrogens is 202 g/mol. The molecule has 6 heteroatoms. The van der Waals surface area contributed by atoms with Crippen LogP contribution in [0.25, 0.3) is 0 Å². The Morgan fingerprint density at radius 2 is 2.43 bits per heavy atom. The third-order valence-corrected chi connectivity index (χ3v) is 2.25. The fourth-order valence-electron chi connectivity index (χ4n) is 0.730. The number of aliphatic hydroxyl groups is 1. The molecular formula is C8H13N3O2S. The summed E-state index contributed by atoms with van der Waals surface area (Å²) in [5.74, 6) is -0.250. The fraction of sp³-hybridized carbons (Fsp3) is 0.625. The van der Waals surface area contributed by atoms with Crippen LogP contribution in [0.2, 0.25) is 0 Å². The second-order valence-electron chi connectivity index (χ2n) is 3.80. The summed E-state index contributed by atoms with van der Waals surface area (Å²) in [5.41, 5.74) is 0.0165. The molecule has 1 amide bonds. The maximum Gasteiger partial charge on any atom is 0.272 e. The summed E-state index contributed by atoms with van der Waals surface area (Å²) < 4.78 is 3.59. The normalized spacial score (nSPS) is 11.4. The van der Waals surface area contributed by atoms with E-state index in [1.54, 1.807) is 5.38 Å². The number of carbonyl (C=O) groups excluding carboxylic acids is 1. The number of aromatic nitrogens is 2. The van der Waals surface area contributed by atoms with E-state index in [0.717, 1.165) is 11.5 Å². The van der Waals surface area contributed by atoms with Crippen molar-refractivity contribution in [3.8, 4) is 0 Å². The molecule has 0 saturated heterocycles. The molecule has 0 fully saturated rings. The maximum absolute atomic E-state index is 11.4. The molecule has 14 heavy (non-hydrogen) atoms. The molecule has 1 rings (SSSR count). The molecule has 1 heterocycles. The zero-order valence-electron chi connectivity index (χ0n) is 8.15. The van der Waals surface area contributed by atoms with Crippen molar-refractivity contribution in [2.75, 3.05) is 13.2 Å². The topological polar surface area (TPSA) is 75.1 Å². The van der Waals surface area contributed by atoms with Crippen LogP contribution in [0.3, 0.4) is 0 Å². The van der Waals surface area contributed by atoms with E-state index in [9.17, 15) is 4.79 Å². The van der Waals surface area contributed by atoms with Crippen molar-refractivity contribution in [1.29, 1.82) is 0 Å². The van der Waals surface area contributed by atoms with E-state index in [4.69, 9.17) is 5.11 Å². The predicted octanol–water partition coefficient (Wildman–Crippen LogP) is 0.286. The Labute approximate surface area is 86.3 Å². The minimum Gasteiger partial charge on any atom is -0.396 e. The standard InChI is InChI=1S/C8H13N3O2S/c1-8(2,5-12)4-9-7(13)6-3-14-11-10-6/h3,12H,4-5H2,1-2H3,(H,9,13). The van der Waals surface area contributed by atoms with Gasteiger partial charge in [0, 0.05) is 23.9 Å². The largest absolute Gasteiger partial charge is 0.396 e. The molecule has 78 valence electrons. The molecule has 0 saturated carbocycles. The highest BCUT2D eigenvalue weighted by atomic mass is 32.1. The number of aliphatic hydroxyl groups excluding tert-OH is 1. The fourth-order valence-corrected chi connectivity index (χ4v) is 1.17. The zero-order chi connectivity index (χ0) is 10.6. The van der Waals surface area contributed by atoms with E-state index in [1.165, 1.54) is 0 Å². The summed E-state index contributed by atoms with van der Waals surface area (Å²) >= 11 is 1.14. The van der Waals surface area contributed by atoms with E-state index in [0.29, 0.717) is 12.2 Å². The molecule has 0 aliphatic rings. The van der Waals surface area contributed by atoms with E-state index >= 15 is 0 Å². The van der Waals surface area contributed by atoms with E-state index in [2.05, 4.69) is 14.9 Å². The van der Waals surface area contributed by atoms with Gasteiger partial charge in [0.25, 0.3) is 5.91 Å². The Bertz CT molecular complexity index is 298. The highest BCUT2D eigenvalue weighted by Gasteiger charge is 2.18. The molecule has 0 spiro atoms. The summed E-state index contributed by atoms with van der Waals surface area (Å²) in [6, 6.07) is 0. The van der Waals surface area contributed by atoms with Gasteiger partial charge in [0.1, 0.15) is 0 Å². The van der Waals surface area contributed by atoms with Crippen LogP contribution < -0.4 is 5.32 Å². The van der Waals surface area contributed by atoms with Gasteiger partial charge in [-0.05, 0) is 11.5 Å². The Morgan fingerprint density at radius 1 is 1.71 bits per heavy atom. The molecule has 0 aliphatic carbocycles. The molecule has 0 aliphatic heterocycles. The number of rotatable bonds is 4. The zero-order valence-corrected chi connectivity index (χ0v) is 8.97. The van der Waals surface area contributed by atoms with Crippen LogP contribution in [0, 0.1) is 5.41 Å². The number of hydrogen-bond donors (Lipinski definition) is 2. The molecule has 0 radical (unpaired) electrons. The van der Waals surface area contributed by atoms with Crippen molar-refractivity contribution in [2.24, 2.45) is 5.41 Å². The first-order valence-corrected chi connectivity index (χ1v) is 5.05. The van der Waals surface area contributed by atoms with Crippen LogP contribution in [-0.2, 0) is 0 Å². The van der Waals surface area contributed by atoms with Crippen molar-refractivity contribution in [3.63, 3.8) is 0 Å². The van der Waals surface area contributed by atoms with Gasteiger partial charge in [-0.15, -0.1) is 5.10 Å². The van der Waals surface area contributed by atoms with Crippen LogP contribution >= 0.6 is 11.5 Å². The van der Waals surface area contributed by atoms with E-state index < -0.39 is 0 Å². The smallest absolute Gasteiger partial charge is 0.272 e. The molecule has 0 unspecified atom stereocenters. The van der Waals surface area contributed by atoms with Gasteiger partial charge in [-0.1, -0.05) is 18.3 Å². The second-order valence-corrected chi connectivity index (χ2v) is 4.40. The second kappa shape index (κ2) is 4.47. The Kier molecular flexibility index (Phi) is 3.54. The highest BCUT2D eigenvalue weighted by Crippen LogP contribution is 2.11. The lowest BCUT2D eigenvalue weighted by atomic mass is 9.95. The first-order valence-electron chi connectivity index (χ1n) is 4.21. The third-order valence-electron chi connectivity index (χ3n) is 1.75. The summed E-state index contributed by atoms with van der Waals surface area (Å²) in [5, 5.41) is 16.9. The van der Waals surface area contributed by atoms with Crippen LogP contribution in [0.15, 0.2) is 5.38 Å². The first-order chi connectivity index (χ1) is 6.55. The summed E-state index contributed by atoms with van der Waals surface area (Å²) in [4.78, 5) is 11.4.